The Kier molecular flexibility index (Phi) is 6.15. The molecule has 0 aliphatic rings. The van der Waals surface area contributed by atoms with Crippen LogP contribution in [0.2, 0.25) is 0 Å². The molecule has 6 nitrogen and oxygen atoms in total. The van der Waals surface area contributed by atoms with Gasteiger partial charge in [-0.05, 0) is 35.0 Å². The third-order valence-corrected chi connectivity index (χ3v) is 6.41. The largest absolute Gasteiger partial charge is 0.484 e. The van der Waals surface area contributed by atoms with Gasteiger partial charge in [0.25, 0.3) is 11.1 Å². The number of benzene rings is 3. The maximum Gasteiger partial charge on any atom is 0.277 e. The number of para-hydroxylation sites is 1. The van der Waals surface area contributed by atoms with Crippen molar-refractivity contribution in [2.75, 3.05) is 5.75 Å². The van der Waals surface area contributed by atoms with Gasteiger partial charge in [-0.2, -0.15) is 0 Å². The minimum absolute atomic E-state index is 0.170. The molecule has 0 bridgehead atoms. The van der Waals surface area contributed by atoms with Gasteiger partial charge in [0.05, 0.1) is 4.90 Å². The van der Waals surface area contributed by atoms with Gasteiger partial charge in [-0.15, -0.1) is 10.2 Å². The summed E-state index contributed by atoms with van der Waals surface area (Å²) in [5.41, 5.74) is 0. The lowest BCUT2D eigenvalue weighted by Crippen LogP contribution is -1.96. The Balaban J connectivity index is 1.32. The summed E-state index contributed by atoms with van der Waals surface area (Å²) in [6.45, 7) is 0.170. The van der Waals surface area contributed by atoms with Crippen LogP contribution in [0.3, 0.4) is 0 Å². The van der Waals surface area contributed by atoms with Crippen molar-refractivity contribution in [3.05, 3.63) is 90.2 Å². The summed E-state index contributed by atoms with van der Waals surface area (Å²) < 4.78 is 36.2. The van der Waals surface area contributed by atoms with E-state index in [1.54, 1.807) is 18.2 Å². The second-order valence-corrected chi connectivity index (χ2v) is 9.11. The monoisotopic (exact) mass is 438 g/mol. The number of thioether (sulfide) groups is 1. The Hall–Kier alpha value is -3.10. The summed E-state index contributed by atoms with van der Waals surface area (Å²) in [6.07, 6.45) is 1.57. The molecule has 0 N–H and O–H groups in total. The molecular weight excluding hydrogens is 420 g/mol. The maximum absolute atomic E-state index is 12.5. The van der Waals surface area contributed by atoms with Crippen LogP contribution in [0, 0.1) is 0 Å². The molecule has 0 fully saturated rings. The number of fused-ring (bicyclic) bond motifs is 1. The lowest BCUT2D eigenvalue weighted by atomic mass is 10.1. The van der Waals surface area contributed by atoms with Gasteiger partial charge >= 0.3 is 0 Å². The smallest absolute Gasteiger partial charge is 0.277 e. The van der Waals surface area contributed by atoms with Gasteiger partial charge in [0.1, 0.15) is 5.75 Å². The molecular formula is C22H18N2O4S2. The highest BCUT2D eigenvalue weighted by atomic mass is 32.2. The highest BCUT2D eigenvalue weighted by Crippen LogP contribution is 2.22. The third-order valence-electron chi connectivity index (χ3n) is 4.18. The molecule has 0 unspecified atom stereocenters. The summed E-state index contributed by atoms with van der Waals surface area (Å²) in [5.74, 6) is 1.45. The molecule has 1 heterocycles. The molecule has 0 radical (unpaired) electrons. The second kappa shape index (κ2) is 9.15. The minimum atomic E-state index is -3.52. The summed E-state index contributed by atoms with van der Waals surface area (Å²) in [5, 5.41) is 11.3. The van der Waals surface area contributed by atoms with Gasteiger partial charge < -0.3 is 9.15 Å². The van der Waals surface area contributed by atoms with Gasteiger partial charge in [0.2, 0.25) is 0 Å². The zero-order valence-electron chi connectivity index (χ0n) is 15.8. The molecule has 30 heavy (non-hydrogen) atoms. The number of aromatic nitrogens is 2. The van der Waals surface area contributed by atoms with E-state index < -0.39 is 9.84 Å². The van der Waals surface area contributed by atoms with Crippen LogP contribution in [-0.4, -0.2) is 24.4 Å². The van der Waals surface area contributed by atoms with Crippen LogP contribution in [0.4, 0.5) is 0 Å². The Morgan fingerprint density at radius 3 is 2.53 bits per heavy atom. The summed E-state index contributed by atoms with van der Waals surface area (Å²) >= 11 is 1.25. The average molecular weight is 439 g/mol. The van der Waals surface area contributed by atoms with Crippen LogP contribution >= 0.6 is 11.8 Å². The highest BCUT2D eigenvalue weighted by molar-refractivity contribution is 7.99. The van der Waals surface area contributed by atoms with E-state index in [2.05, 4.69) is 10.2 Å². The zero-order chi connectivity index (χ0) is 20.8. The third kappa shape index (κ3) is 5.08. The van der Waals surface area contributed by atoms with Crippen LogP contribution in [0.15, 0.2) is 98.8 Å². The van der Waals surface area contributed by atoms with Gasteiger partial charge in [0.15, 0.2) is 16.4 Å². The van der Waals surface area contributed by atoms with Crippen molar-refractivity contribution in [2.24, 2.45) is 0 Å². The van der Waals surface area contributed by atoms with Crippen molar-refractivity contribution in [3.63, 3.8) is 0 Å². The number of hydrogen-bond acceptors (Lipinski definition) is 7. The molecule has 0 aliphatic carbocycles. The lowest BCUT2D eigenvalue weighted by molar-refractivity contribution is 0.252. The summed E-state index contributed by atoms with van der Waals surface area (Å²) in [4.78, 5) is 0.264. The first kappa shape index (κ1) is 20.2. The average Bonchev–Trinajstić information content (AvgIpc) is 3.23. The molecule has 152 valence electrons. The van der Waals surface area contributed by atoms with Crippen LogP contribution in [0.25, 0.3) is 10.8 Å². The molecule has 0 atom stereocenters. The number of rotatable bonds is 8. The van der Waals surface area contributed by atoms with Crippen molar-refractivity contribution < 1.29 is 17.6 Å². The maximum atomic E-state index is 12.5. The van der Waals surface area contributed by atoms with E-state index >= 15 is 0 Å². The summed E-state index contributed by atoms with van der Waals surface area (Å²) in [6, 6.07) is 22.1. The van der Waals surface area contributed by atoms with Gasteiger partial charge in [0, 0.05) is 11.2 Å². The van der Waals surface area contributed by atoms with Gasteiger partial charge in [-0.1, -0.05) is 66.4 Å². The van der Waals surface area contributed by atoms with Crippen molar-refractivity contribution in [3.8, 4) is 5.75 Å². The molecule has 4 rings (SSSR count). The van der Waals surface area contributed by atoms with E-state index in [0.717, 1.165) is 10.8 Å². The van der Waals surface area contributed by atoms with E-state index in [4.69, 9.17) is 9.15 Å². The van der Waals surface area contributed by atoms with Gasteiger partial charge in [-0.25, -0.2) is 8.42 Å². The van der Waals surface area contributed by atoms with Crippen molar-refractivity contribution in [2.45, 2.75) is 16.7 Å². The first-order valence-corrected chi connectivity index (χ1v) is 11.7. The topological polar surface area (TPSA) is 82.3 Å². The molecule has 8 heteroatoms. The van der Waals surface area contributed by atoms with Crippen molar-refractivity contribution in [1.82, 2.24) is 10.2 Å². The Morgan fingerprint density at radius 2 is 1.70 bits per heavy atom. The molecule has 3 aromatic carbocycles. The van der Waals surface area contributed by atoms with Crippen molar-refractivity contribution >= 4 is 32.4 Å². The lowest BCUT2D eigenvalue weighted by Gasteiger charge is -2.02. The molecule has 0 spiro atoms. The summed E-state index contributed by atoms with van der Waals surface area (Å²) in [7, 11) is -3.52. The Labute approximate surface area is 178 Å². The van der Waals surface area contributed by atoms with E-state index in [9.17, 15) is 8.42 Å². The highest BCUT2D eigenvalue weighted by Gasteiger charge is 2.11. The van der Waals surface area contributed by atoms with Crippen molar-refractivity contribution in [1.29, 1.82) is 0 Å². The second-order valence-electron chi connectivity index (χ2n) is 6.30. The minimum Gasteiger partial charge on any atom is -0.484 e. The number of hydrogen-bond donors (Lipinski definition) is 0. The molecule has 0 aliphatic heterocycles. The molecule has 0 saturated heterocycles. The first-order chi connectivity index (χ1) is 14.6. The zero-order valence-corrected chi connectivity index (χ0v) is 17.5. The Bertz CT molecular complexity index is 1270. The molecule has 0 saturated carbocycles. The van der Waals surface area contributed by atoms with Crippen LogP contribution in [-0.2, 0) is 16.4 Å². The fourth-order valence-corrected chi connectivity index (χ4v) is 4.49. The molecule has 1 aromatic heterocycles. The van der Waals surface area contributed by atoms with Crippen LogP contribution < -0.4 is 4.74 Å². The molecule has 0 amide bonds. The van der Waals surface area contributed by atoms with Crippen LogP contribution in [0.1, 0.15) is 5.89 Å². The van der Waals surface area contributed by atoms with E-state index in [-0.39, 0.29) is 11.5 Å². The fraction of sp³-hybridized carbons (Fsp3) is 0.0909. The van der Waals surface area contributed by atoms with E-state index in [1.807, 2.05) is 60.7 Å². The first-order valence-electron chi connectivity index (χ1n) is 9.14. The number of nitrogens with zero attached hydrogens (tertiary/aromatic N) is 2. The number of ether oxygens (including phenoxy) is 1. The Morgan fingerprint density at radius 1 is 0.933 bits per heavy atom. The standard InChI is InChI=1S/C22H18N2O4S2/c25-30(26,20-12-11-17-7-4-5-8-18(17)15-20)14-6-13-29-22-24-23-21(28-22)16-27-19-9-2-1-3-10-19/h1-12,14-15H,13,16H2/b14-6+. The number of sulfone groups is 1. The normalized spacial score (nSPS) is 11.9. The SMILES string of the molecule is O=S(=O)(/C=C/CSc1nnc(COc2ccccc2)o1)c1ccc2ccccc2c1. The van der Waals surface area contributed by atoms with E-state index in [0.29, 0.717) is 22.6 Å². The van der Waals surface area contributed by atoms with E-state index in [1.165, 1.54) is 17.2 Å². The quantitative estimate of drug-likeness (QED) is 0.363. The van der Waals surface area contributed by atoms with Crippen LogP contribution in [0.5, 0.6) is 5.75 Å². The predicted molar refractivity (Wildman–Crippen MR) is 116 cm³/mol. The fourth-order valence-electron chi connectivity index (χ4n) is 2.72. The molecule has 4 aromatic rings. The van der Waals surface area contributed by atoms with Gasteiger partial charge in [-0.3, -0.25) is 0 Å². The predicted octanol–water partition coefficient (Wildman–Crippen LogP) is 4.88.